The zero-order valence-corrected chi connectivity index (χ0v) is 14.1. The Kier molecular flexibility index (Phi) is 5.46. The monoisotopic (exact) mass is 399 g/mol. The molecule has 0 spiro atoms. The molecule has 2 N–H and O–H groups in total. The Morgan fingerprint density at radius 3 is 2.55 bits per heavy atom. The number of hydrogen-bond acceptors (Lipinski definition) is 3. The lowest BCUT2D eigenvalue weighted by molar-refractivity contribution is 0.273. The quantitative estimate of drug-likeness (QED) is 0.783. The van der Waals surface area contributed by atoms with Crippen molar-refractivity contribution in [2.24, 2.45) is 0 Å². The van der Waals surface area contributed by atoms with Crippen molar-refractivity contribution in [1.82, 2.24) is 0 Å². The van der Waals surface area contributed by atoms with Crippen LogP contribution in [-0.2, 0) is 0 Å². The third kappa shape index (κ3) is 3.75. The molecule has 0 aliphatic carbocycles. The van der Waals surface area contributed by atoms with E-state index in [1.165, 1.54) is 0 Å². The molecule has 0 saturated carbocycles. The molecule has 0 amide bonds. The Bertz CT molecular complexity index is 590. The van der Waals surface area contributed by atoms with Gasteiger partial charge in [0.2, 0.25) is 0 Å². The Morgan fingerprint density at radius 2 is 1.90 bits per heavy atom. The number of hydrogen-bond donors (Lipinski definition) is 2. The number of methoxy groups -OCH3 is 1. The molecular formula is C15H15Br2NO2. The van der Waals surface area contributed by atoms with Gasteiger partial charge in [0.05, 0.1) is 19.8 Å². The third-order valence-electron chi connectivity index (χ3n) is 2.92. The Morgan fingerprint density at radius 1 is 1.15 bits per heavy atom. The summed E-state index contributed by atoms with van der Waals surface area (Å²) < 4.78 is 7.30. The maximum Gasteiger partial charge on any atom is 0.124 e. The molecule has 0 heterocycles. The second-order valence-corrected chi connectivity index (χ2v) is 6.11. The minimum atomic E-state index is -0.239. The Labute approximate surface area is 135 Å². The maximum atomic E-state index is 9.68. The third-order valence-corrected chi connectivity index (χ3v) is 3.90. The van der Waals surface area contributed by atoms with Gasteiger partial charge in [0.1, 0.15) is 5.75 Å². The minimum Gasteiger partial charge on any atom is -0.496 e. The topological polar surface area (TPSA) is 41.5 Å². The molecule has 106 valence electrons. The van der Waals surface area contributed by atoms with E-state index in [-0.39, 0.29) is 12.6 Å². The molecule has 0 bridgehead atoms. The van der Waals surface area contributed by atoms with Crippen LogP contribution in [0.4, 0.5) is 5.69 Å². The second-order valence-electron chi connectivity index (χ2n) is 4.28. The van der Waals surface area contributed by atoms with E-state index in [0.717, 1.165) is 25.9 Å². The van der Waals surface area contributed by atoms with E-state index in [2.05, 4.69) is 37.2 Å². The van der Waals surface area contributed by atoms with Crippen LogP contribution in [-0.4, -0.2) is 18.8 Å². The average Bonchev–Trinajstić information content (AvgIpc) is 2.45. The lowest BCUT2D eigenvalue weighted by Gasteiger charge is -2.21. The normalized spacial score (nSPS) is 12.0. The number of benzene rings is 2. The van der Waals surface area contributed by atoms with Gasteiger partial charge < -0.3 is 15.2 Å². The Balaban J connectivity index is 2.30. The van der Waals surface area contributed by atoms with Gasteiger partial charge in [0.15, 0.2) is 0 Å². The van der Waals surface area contributed by atoms with Crippen molar-refractivity contribution in [2.75, 3.05) is 19.0 Å². The second kappa shape index (κ2) is 7.11. The molecule has 2 aromatic rings. The first-order chi connectivity index (χ1) is 9.63. The molecule has 0 aliphatic heterocycles. The van der Waals surface area contributed by atoms with Crippen molar-refractivity contribution >= 4 is 37.5 Å². The zero-order valence-electron chi connectivity index (χ0n) is 10.9. The molecule has 0 radical (unpaired) electrons. The molecular weight excluding hydrogens is 386 g/mol. The molecule has 2 rings (SSSR count). The first-order valence-corrected chi connectivity index (χ1v) is 7.69. The van der Waals surface area contributed by atoms with Gasteiger partial charge in [-0.15, -0.1) is 0 Å². The van der Waals surface area contributed by atoms with Gasteiger partial charge in [-0.2, -0.15) is 0 Å². The SMILES string of the molecule is COc1ccc(Br)cc1C(CO)Nc1cccc(Br)c1. The number of nitrogens with one attached hydrogen (secondary N) is 1. The van der Waals surface area contributed by atoms with Crippen molar-refractivity contribution in [2.45, 2.75) is 6.04 Å². The smallest absolute Gasteiger partial charge is 0.124 e. The van der Waals surface area contributed by atoms with Gasteiger partial charge in [0, 0.05) is 20.2 Å². The molecule has 5 heteroatoms. The van der Waals surface area contributed by atoms with Crippen molar-refractivity contribution in [1.29, 1.82) is 0 Å². The highest BCUT2D eigenvalue weighted by molar-refractivity contribution is 9.10. The van der Waals surface area contributed by atoms with Gasteiger partial charge in [-0.3, -0.25) is 0 Å². The van der Waals surface area contributed by atoms with Crippen LogP contribution in [0.5, 0.6) is 5.75 Å². The number of aliphatic hydroxyl groups excluding tert-OH is 1. The highest BCUT2D eigenvalue weighted by atomic mass is 79.9. The molecule has 20 heavy (non-hydrogen) atoms. The summed E-state index contributed by atoms with van der Waals surface area (Å²) in [7, 11) is 1.63. The van der Waals surface area contributed by atoms with Crippen LogP contribution in [0.15, 0.2) is 51.4 Å². The molecule has 0 saturated heterocycles. The zero-order chi connectivity index (χ0) is 14.5. The first kappa shape index (κ1) is 15.4. The summed E-state index contributed by atoms with van der Waals surface area (Å²) in [6.45, 7) is -0.0284. The fraction of sp³-hybridized carbons (Fsp3) is 0.200. The van der Waals surface area contributed by atoms with Crippen LogP contribution in [0, 0.1) is 0 Å². The van der Waals surface area contributed by atoms with Gasteiger partial charge in [0.25, 0.3) is 0 Å². The van der Waals surface area contributed by atoms with Crippen molar-refractivity contribution in [3.8, 4) is 5.75 Å². The fourth-order valence-electron chi connectivity index (χ4n) is 1.98. The lowest BCUT2D eigenvalue weighted by Crippen LogP contribution is -2.15. The van der Waals surface area contributed by atoms with Crippen LogP contribution in [0.1, 0.15) is 11.6 Å². The van der Waals surface area contributed by atoms with E-state index < -0.39 is 0 Å². The molecule has 0 aromatic heterocycles. The first-order valence-electron chi connectivity index (χ1n) is 6.10. The van der Waals surface area contributed by atoms with E-state index in [1.54, 1.807) is 7.11 Å². The van der Waals surface area contributed by atoms with Gasteiger partial charge >= 0.3 is 0 Å². The van der Waals surface area contributed by atoms with Crippen molar-refractivity contribution in [3.05, 3.63) is 57.0 Å². The number of aliphatic hydroxyl groups is 1. The highest BCUT2D eigenvalue weighted by Crippen LogP contribution is 2.31. The fourth-order valence-corrected chi connectivity index (χ4v) is 2.76. The highest BCUT2D eigenvalue weighted by Gasteiger charge is 2.16. The standard InChI is InChI=1S/C15H15Br2NO2/c1-20-15-6-5-11(17)8-13(15)14(9-19)18-12-4-2-3-10(16)7-12/h2-8,14,18-19H,9H2,1H3. The van der Waals surface area contributed by atoms with E-state index in [4.69, 9.17) is 4.74 Å². The van der Waals surface area contributed by atoms with Crippen molar-refractivity contribution in [3.63, 3.8) is 0 Å². The molecule has 1 unspecified atom stereocenters. The van der Waals surface area contributed by atoms with Crippen LogP contribution in [0.2, 0.25) is 0 Å². The van der Waals surface area contributed by atoms with Crippen LogP contribution < -0.4 is 10.1 Å². The van der Waals surface area contributed by atoms with E-state index in [9.17, 15) is 5.11 Å². The summed E-state index contributed by atoms with van der Waals surface area (Å²) in [6, 6.07) is 13.3. The molecule has 0 fully saturated rings. The maximum absolute atomic E-state index is 9.68. The van der Waals surface area contributed by atoms with Crippen LogP contribution >= 0.6 is 31.9 Å². The Hall–Kier alpha value is -1.04. The lowest BCUT2D eigenvalue weighted by atomic mass is 10.1. The molecule has 2 aromatic carbocycles. The number of anilines is 1. The number of ether oxygens (including phenoxy) is 1. The predicted molar refractivity (Wildman–Crippen MR) is 88.3 cm³/mol. The summed E-state index contributed by atoms with van der Waals surface area (Å²) >= 11 is 6.88. The van der Waals surface area contributed by atoms with E-state index in [0.29, 0.717) is 0 Å². The minimum absolute atomic E-state index is 0.0284. The predicted octanol–water partition coefficient (Wildman–Crippen LogP) is 4.37. The van der Waals surface area contributed by atoms with Gasteiger partial charge in [-0.25, -0.2) is 0 Å². The summed E-state index contributed by atoms with van der Waals surface area (Å²) in [5.74, 6) is 0.745. The summed E-state index contributed by atoms with van der Waals surface area (Å²) in [5, 5.41) is 13.0. The van der Waals surface area contributed by atoms with Crippen LogP contribution in [0.3, 0.4) is 0 Å². The average molecular weight is 401 g/mol. The van der Waals surface area contributed by atoms with Crippen molar-refractivity contribution < 1.29 is 9.84 Å². The van der Waals surface area contributed by atoms with E-state index in [1.807, 2.05) is 42.5 Å². The van der Waals surface area contributed by atoms with Crippen LogP contribution in [0.25, 0.3) is 0 Å². The van der Waals surface area contributed by atoms with Gasteiger partial charge in [-0.05, 0) is 36.4 Å². The molecule has 0 aliphatic rings. The summed E-state index contributed by atoms with van der Waals surface area (Å²) in [6.07, 6.45) is 0. The summed E-state index contributed by atoms with van der Waals surface area (Å²) in [4.78, 5) is 0. The summed E-state index contributed by atoms with van der Waals surface area (Å²) in [5.41, 5.74) is 1.84. The van der Waals surface area contributed by atoms with E-state index >= 15 is 0 Å². The largest absolute Gasteiger partial charge is 0.496 e. The molecule has 3 nitrogen and oxygen atoms in total. The van der Waals surface area contributed by atoms with Gasteiger partial charge in [-0.1, -0.05) is 37.9 Å². The molecule has 1 atom stereocenters. The number of rotatable bonds is 5. The number of halogens is 2.